The van der Waals surface area contributed by atoms with Crippen molar-refractivity contribution in [2.75, 3.05) is 0 Å². The Morgan fingerprint density at radius 2 is 0.657 bits per heavy atom. The molecule has 0 amide bonds. The van der Waals surface area contributed by atoms with Gasteiger partial charge in [-0.2, -0.15) is 0 Å². The molecule has 1 heteroatoms. The van der Waals surface area contributed by atoms with E-state index in [2.05, 4.69) is 106 Å². The Balaban J connectivity index is 0. The summed E-state index contributed by atoms with van der Waals surface area (Å²) < 4.78 is 0. The summed E-state index contributed by atoms with van der Waals surface area (Å²) in [7, 11) is 0. The molecule has 0 N–H and O–H groups in total. The van der Waals surface area contributed by atoms with E-state index in [1.54, 1.807) is 0 Å². The van der Waals surface area contributed by atoms with E-state index >= 15 is 0 Å². The summed E-state index contributed by atoms with van der Waals surface area (Å²) in [6.45, 7) is 22.4. The summed E-state index contributed by atoms with van der Waals surface area (Å²) in [4.78, 5) is 0. The third-order valence-corrected chi connectivity index (χ3v) is 9.07. The van der Waals surface area contributed by atoms with Gasteiger partial charge in [0.25, 0.3) is 0 Å². The van der Waals surface area contributed by atoms with Gasteiger partial charge in [0.15, 0.2) is 0 Å². The number of rotatable bonds is 17. The predicted octanol–water partition coefficient (Wildman–Crippen LogP) is 12.6. The maximum atomic E-state index is 2.43. The molecular weight excluding hydrogens is 474 g/mol. The minimum atomic E-state index is 0.0972. The molecule has 0 atom stereocenters. The summed E-state index contributed by atoms with van der Waals surface area (Å²) >= 11 is 0.0972. The zero-order chi connectivity index (χ0) is 26.9. The SMILES string of the molecule is CC(C)=CCCC(C)=CCCC(C)=CCCC=C(C)CCC=C(C)CCC=C(C)C.C[CH2][Zn][CH2]C. The molecule has 0 unspecified atom stereocenters. The molecule has 0 radical (unpaired) electrons. The van der Waals surface area contributed by atoms with Gasteiger partial charge in [-0.05, 0) is 120 Å². The maximum absolute atomic E-state index is 2.43. The van der Waals surface area contributed by atoms with Crippen molar-refractivity contribution in [3.63, 3.8) is 0 Å². The van der Waals surface area contributed by atoms with Crippen LogP contribution in [0, 0.1) is 0 Å². The van der Waals surface area contributed by atoms with E-state index < -0.39 is 0 Å². The zero-order valence-electron chi connectivity index (χ0n) is 25.7. The molecule has 0 aliphatic rings. The van der Waals surface area contributed by atoms with Gasteiger partial charge < -0.3 is 0 Å². The van der Waals surface area contributed by atoms with Crippen molar-refractivity contribution in [1.29, 1.82) is 0 Å². The van der Waals surface area contributed by atoms with E-state index in [1.165, 1.54) is 108 Å². The molecular formula is C34H60Zn. The Bertz CT molecular complexity index is 626. The van der Waals surface area contributed by atoms with Crippen LogP contribution in [-0.2, 0) is 17.1 Å². The number of hydrogen-bond acceptors (Lipinski definition) is 0. The van der Waals surface area contributed by atoms with Crippen LogP contribution in [0.4, 0.5) is 0 Å². The van der Waals surface area contributed by atoms with Crippen LogP contribution in [0.1, 0.15) is 133 Å². The predicted molar refractivity (Wildman–Crippen MR) is 161 cm³/mol. The van der Waals surface area contributed by atoms with Gasteiger partial charge in [0.05, 0.1) is 0 Å². The molecule has 0 heterocycles. The van der Waals surface area contributed by atoms with E-state index in [4.69, 9.17) is 0 Å². The molecule has 0 aliphatic carbocycles. The zero-order valence-corrected chi connectivity index (χ0v) is 28.6. The molecule has 0 aliphatic heterocycles. The number of unbranched alkanes of at least 4 members (excludes halogenated alkanes) is 1. The van der Waals surface area contributed by atoms with Gasteiger partial charge in [-0.25, -0.2) is 0 Å². The third kappa shape index (κ3) is 31.0. The molecule has 0 nitrogen and oxygen atoms in total. The Labute approximate surface area is 229 Å². The van der Waals surface area contributed by atoms with Gasteiger partial charge in [0, 0.05) is 0 Å². The second-order valence-corrected chi connectivity index (χ2v) is 16.5. The van der Waals surface area contributed by atoms with Gasteiger partial charge in [-0.3, -0.25) is 0 Å². The van der Waals surface area contributed by atoms with E-state index in [1.807, 2.05) is 0 Å². The molecule has 0 spiro atoms. The van der Waals surface area contributed by atoms with E-state index in [-0.39, 0.29) is 17.1 Å². The van der Waals surface area contributed by atoms with Gasteiger partial charge in [-0.15, -0.1) is 0 Å². The first-order valence-electron chi connectivity index (χ1n) is 14.5. The number of hydrogen-bond donors (Lipinski definition) is 0. The normalized spacial score (nSPS) is 12.5. The molecule has 0 aromatic heterocycles. The fraction of sp³-hybridized carbons (Fsp3) is 0.647. The van der Waals surface area contributed by atoms with Gasteiger partial charge in [0.2, 0.25) is 0 Å². The molecule has 0 fully saturated rings. The van der Waals surface area contributed by atoms with Gasteiger partial charge in [0.1, 0.15) is 0 Å². The van der Waals surface area contributed by atoms with Crippen LogP contribution in [0.3, 0.4) is 0 Å². The first kappa shape index (κ1) is 36.2. The van der Waals surface area contributed by atoms with E-state index in [0.717, 1.165) is 0 Å². The van der Waals surface area contributed by atoms with Crippen molar-refractivity contribution in [2.24, 2.45) is 0 Å². The van der Waals surface area contributed by atoms with E-state index in [9.17, 15) is 0 Å². The average molecular weight is 534 g/mol. The summed E-state index contributed by atoms with van der Waals surface area (Å²) in [6.07, 6.45) is 26.2. The van der Waals surface area contributed by atoms with E-state index in [0.29, 0.717) is 0 Å². The third-order valence-electron chi connectivity index (χ3n) is 6.10. The first-order chi connectivity index (χ1) is 16.6. The molecule has 0 saturated carbocycles. The van der Waals surface area contributed by atoms with Crippen LogP contribution in [0.2, 0.25) is 10.0 Å². The van der Waals surface area contributed by atoms with Crippen LogP contribution in [-0.4, -0.2) is 0 Å². The Hall–Kier alpha value is -0.937. The minimum absolute atomic E-state index is 0.0972. The molecule has 35 heavy (non-hydrogen) atoms. The molecule has 0 aromatic carbocycles. The van der Waals surface area contributed by atoms with Crippen molar-refractivity contribution in [3.8, 4) is 0 Å². The van der Waals surface area contributed by atoms with Gasteiger partial charge >= 0.3 is 41.0 Å². The molecule has 198 valence electrons. The van der Waals surface area contributed by atoms with Crippen molar-refractivity contribution < 1.29 is 17.1 Å². The van der Waals surface area contributed by atoms with Crippen molar-refractivity contribution in [2.45, 2.75) is 143 Å². The Morgan fingerprint density at radius 3 is 0.886 bits per heavy atom. The van der Waals surface area contributed by atoms with Crippen molar-refractivity contribution in [1.82, 2.24) is 0 Å². The van der Waals surface area contributed by atoms with Gasteiger partial charge in [-0.1, -0.05) is 69.9 Å². The second kappa shape index (κ2) is 26.1. The van der Waals surface area contributed by atoms with Crippen molar-refractivity contribution >= 4 is 0 Å². The van der Waals surface area contributed by atoms with Crippen LogP contribution in [0.15, 0.2) is 69.9 Å². The van der Waals surface area contributed by atoms with Crippen molar-refractivity contribution in [3.05, 3.63) is 69.9 Å². The monoisotopic (exact) mass is 532 g/mol. The fourth-order valence-corrected chi connectivity index (χ4v) is 5.17. The summed E-state index contributed by atoms with van der Waals surface area (Å²) in [5.74, 6) is 0. The quantitative estimate of drug-likeness (QED) is 0.0990. The standard InChI is InChI=1S/C30H50.2C2H5.Zn/c1-25(2)15-11-19-29(7)23-13-21-27(5)17-9-10-18-28(6)22-14-24-30(8)20-12-16-26(3)4;2*1-2;/h15-18,23-24H,9-14,19-22H2,1-8H3;2*1H2,2H3;. The van der Waals surface area contributed by atoms with Crippen LogP contribution in [0.25, 0.3) is 0 Å². The summed E-state index contributed by atoms with van der Waals surface area (Å²) in [5, 5.41) is 3.06. The van der Waals surface area contributed by atoms with Crippen LogP contribution < -0.4 is 0 Å². The molecule has 0 aromatic rings. The summed E-state index contributed by atoms with van der Waals surface area (Å²) in [6, 6.07) is 0. The summed E-state index contributed by atoms with van der Waals surface area (Å²) in [5.41, 5.74) is 8.97. The topological polar surface area (TPSA) is 0 Å². The fourth-order valence-electron chi connectivity index (χ4n) is 3.69. The number of allylic oxidation sites excluding steroid dienone is 12. The van der Waals surface area contributed by atoms with Crippen LogP contribution >= 0.6 is 0 Å². The Kier molecular flexibility index (Phi) is 27.0. The average Bonchev–Trinajstić information content (AvgIpc) is 2.77. The first-order valence-corrected chi connectivity index (χ1v) is 18.7. The molecule has 0 rings (SSSR count). The Morgan fingerprint density at radius 1 is 0.400 bits per heavy atom. The molecule has 0 saturated heterocycles. The van der Waals surface area contributed by atoms with Crippen LogP contribution in [0.5, 0.6) is 0 Å². The second-order valence-electron chi connectivity index (χ2n) is 10.9. The molecule has 0 bridgehead atoms.